The third-order valence-electron chi connectivity index (χ3n) is 5.47. The zero-order chi connectivity index (χ0) is 18.7. The Bertz CT molecular complexity index is 773. The van der Waals surface area contributed by atoms with Crippen molar-refractivity contribution in [2.45, 2.75) is 50.2 Å². The number of nitrogens with zero attached hydrogens (tertiary/aromatic N) is 1. The molecule has 0 saturated heterocycles. The molecular formula is C22H29NO2S. The molecule has 26 heavy (non-hydrogen) atoms. The Morgan fingerprint density at radius 1 is 0.962 bits per heavy atom. The Morgan fingerprint density at radius 3 is 2.38 bits per heavy atom. The van der Waals surface area contributed by atoms with E-state index in [0.717, 1.165) is 37.4 Å². The largest absolute Gasteiger partial charge is 0.493 e. The standard InChI is InChI=1S/C22H29NO2S/c1-22(2,11-10-16-6-9-20(24-3)21(12-16)25-4)23-14-17-7-8-19(26-5)13-18(17)15-23/h6-9,12-13H,10-11,14-15H2,1-5H3. The van der Waals surface area contributed by atoms with E-state index in [9.17, 15) is 0 Å². The maximum atomic E-state index is 5.44. The third-order valence-corrected chi connectivity index (χ3v) is 6.19. The Morgan fingerprint density at radius 2 is 1.69 bits per heavy atom. The highest BCUT2D eigenvalue weighted by Crippen LogP contribution is 2.34. The van der Waals surface area contributed by atoms with Crippen LogP contribution in [0.3, 0.4) is 0 Å². The van der Waals surface area contributed by atoms with Gasteiger partial charge >= 0.3 is 0 Å². The molecule has 0 aromatic heterocycles. The summed E-state index contributed by atoms with van der Waals surface area (Å²) in [7, 11) is 3.37. The van der Waals surface area contributed by atoms with Gasteiger partial charge in [0.05, 0.1) is 14.2 Å². The van der Waals surface area contributed by atoms with Crippen LogP contribution in [0.1, 0.15) is 37.0 Å². The lowest BCUT2D eigenvalue weighted by Crippen LogP contribution is -2.40. The summed E-state index contributed by atoms with van der Waals surface area (Å²) in [6, 6.07) is 13.1. The molecule has 2 aromatic carbocycles. The van der Waals surface area contributed by atoms with Crippen LogP contribution in [0.25, 0.3) is 0 Å². The smallest absolute Gasteiger partial charge is 0.160 e. The fraction of sp³-hybridized carbons (Fsp3) is 0.455. The predicted octanol–water partition coefficient (Wildman–Crippen LogP) is 5.15. The summed E-state index contributed by atoms with van der Waals surface area (Å²) < 4.78 is 10.8. The van der Waals surface area contributed by atoms with Crippen LogP contribution >= 0.6 is 11.8 Å². The topological polar surface area (TPSA) is 21.7 Å². The van der Waals surface area contributed by atoms with Gasteiger partial charge in [0.2, 0.25) is 0 Å². The number of ether oxygens (including phenoxy) is 2. The van der Waals surface area contributed by atoms with E-state index in [2.05, 4.69) is 55.3 Å². The predicted molar refractivity (Wildman–Crippen MR) is 109 cm³/mol. The van der Waals surface area contributed by atoms with Crippen molar-refractivity contribution in [1.82, 2.24) is 4.90 Å². The molecular weight excluding hydrogens is 342 g/mol. The number of methoxy groups -OCH3 is 2. The minimum Gasteiger partial charge on any atom is -0.493 e. The second-order valence-corrected chi connectivity index (χ2v) is 8.37. The highest BCUT2D eigenvalue weighted by Gasteiger charge is 2.31. The van der Waals surface area contributed by atoms with Crippen LogP contribution < -0.4 is 9.47 Å². The molecule has 3 nitrogen and oxygen atoms in total. The van der Waals surface area contributed by atoms with Crippen molar-refractivity contribution in [3.05, 3.63) is 53.1 Å². The molecule has 1 aliphatic heterocycles. The van der Waals surface area contributed by atoms with Crippen LogP contribution in [0.15, 0.2) is 41.3 Å². The molecule has 1 heterocycles. The maximum Gasteiger partial charge on any atom is 0.160 e. The zero-order valence-electron chi connectivity index (χ0n) is 16.5. The Hall–Kier alpha value is -1.65. The van der Waals surface area contributed by atoms with Crippen molar-refractivity contribution in [3.8, 4) is 11.5 Å². The molecule has 140 valence electrons. The van der Waals surface area contributed by atoms with Crippen LogP contribution in [0.4, 0.5) is 0 Å². The number of thioether (sulfide) groups is 1. The lowest BCUT2D eigenvalue weighted by atomic mass is 9.93. The number of aryl methyl sites for hydroxylation is 1. The summed E-state index contributed by atoms with van der Waals surface area (Å²) in [5.74, 6) is 1.59. The lowest BCUT2D eigenvalue weighted by molar-refractivity contribution is 0.109. The minimum absolute atomic E-state index is 0.145. The van der Waals surface area contributed by atoms with E-state index in [0.29, 0.717) is 0 Å². The van der Waals surface area contributed by atoms with Gasteiger partial charge in [-0.1, -0.05) is 12.1 Å². The third kappa shape index (κ3) is 4.02. The van der Waals surface area contributed by atoms with Gasteiger partial charge in [0.1, 0.15) is 0 Å². The second-order valence-electron chi connectivity index (χ2n) is 7.49. The maximum absolute atomic E-state index is 5.44. The van der Waals surface area contributed by atoms with Gasteiger partial charge in [-0.3, -0.25) is 4.90 Å². The van der Waals surface area contributed by atoms with Gasteiger partial charge in [-0.05, 0) is 73.9 Å². The van der Waals surface area contributed by atoms with Crippen LogP contribution in [0.2, 0.25) is 0 Å². The molecule has 0 saturated carbocycles. The molecule has 0 fully saturated rings. The first-order chi connectivity index (χ1) is 12.5. The normalized spacial score (nSPS) is 14.3. The quantitative estimate of drug-likeness (QED) is 0.627. The Labute approximate surface area is 161 Å². The molecule has 0 atom stereocenters. The van der Waals surface area contributed by atoms with Crippen molar-refractivity contribution in [2.75, 3.05) is 20.5 Å². The lowest BCUT2D eigenvalue weighted by Gasteiger charge is -2.35. The van der Waals surface area contributed by atoms with Crippen LogP contribution in [-0.4, -0.2) is 30.9 Å². The molecule has 0 spiro atoms. The summed E-state index contributed by atoms with van der Waals surface area (Å²) >= 11 is 1.82. The first-order valence-electron chi connectivity index (χ1n) is 9.08. The highest BCUT2D eigenvalue weighted by molar-refractivity contribution is 7.98. The van der Waals surface area contributed by atoms with Gasteiger partial charge < -0.3 is 9.47 Å². The highest BCUT2D eigenvalue weighted by atomic mass is 32.2. The van der Waals surface area contributed by atoms with Crippen LogP contribution in [0.5, 0.6) is 11.5 Å². The van der Waals surface area contributed by atoms with E-state index < -0.39 is 0 Å². The number of rotatable bonds is 7. The van der Waals surface area contributed by atoms with E-state index in [1.54, 1.807) is 14.2 Å². The van der Waals surface area contributed by atoms with E-state index in [1.807, 2.05) is 17.8 Å². The Kier molecular flexibility index (Phi) is 5.83. The first-order valence-corrected chi connectivity index (χ1v) is 10.3. The van der Waals surface area contributed by atoms with Crippen LogP contribution in [0, 0.1) is 0 Å². The molecule has 2 aromatic rings. The fourth-order valence-corrected chi connectivity index (χ4v) is 4.03. The second kappa shape index (κ2) is 7.93. The minimum atomic E-state index is 0.145. The molecule has 1 aliphatic rings. The molecule has 0 aliphatic carbocycles. The monoisotopic (exact) mass is 371 g/mol. The number of hydrogen-bond donors (Lipinski definition) is 0. The summed E-state index contributed by atoms with van der Waals surface area (Å²) in [5, 5.41) is 0. The van der Waals surface area contributed by atoms with Crippen LogP contribution in [-0.2, 0) is 19.5 Å². The fourth-order valence-electron chi connectivity index (χ4n) is 3.57. The first kappa shape index (κ1) is 19.1. The average Bonchev–Trinajstić information content (AvgIpc) is 3.10. The SMILES string of the molecule is COc1ccc(CCC(C)(C)N2Cc3ccc(SC)cc3C2)cc1OC. The Balaban J connectivity index is 1.66. The van der Waals surface area contributed by atoms with Crippen molar-refractivity contribution >= 4 is 11.8 Å². The average molecular weight is 372 g/mol. The van der Waals surface area contributed by atoms with E-state index in [1.165, 1.54) is 21.6 Å². The molecule has 4 heteroatoms. The van der Waals surface area contributed by atoms with Gasteiger partial charge in [-0.15, -0.1) is 11.8 Å². The molecule has 0 N–H and O–H groups in total. The van der Waals surface area contributed by atoms with Crippen molar-refractivity contribution in [3.63, 3.8) is 0 Å². The summed E-state index contributed by atoms with van der Waals surface area (Å²) in [6.45, 7) is 6.80. The van der Waals surface area contributed by atoms with Gasteiger partial charge in [0, 0.05) is 23.5 Å². The molecule has 0 radical (unpaired) electrons. The van der Waals surface area contributed by atoms with Crippen molar-refractivity contribution in [1.29, 1.82) is 0 Å². The summed E-state index contributed by atoms with van der Waals surface area (Å²) in [6.07, 6.45) is 4.27. The zero-order valence-corrected chi connectivity index (χ0v) is 17.3. The van der Waals surface area contributed by atoms with Crippen molar-refractivity contribution < 1.29 is 9.47 Å². The van der Waals surface area contributed by atoms with Gasteiger partial charge in [-0.25, -0.2) is 0 Å². The summed E-state index contributed by atoms with van der Waals surface area (Å²) in [4.78, 5) is 3.96. The number of hydrogen-bond acceptors (Lipinski definition) is 4. The molecule has 3 rings (SSSR count). The number of fused-ring (bicyclic) bond motifs is 1. The number of benzene rings is 2. The van der Waals surface area contributed by atoms with Gasteiger partial charge in [0.15, 0.2) is 11.5 Å². The van der Waals surface area contributed by atoms with E-state index in [-0.39, 0.29) is 5.54 Å². The van der Waals surface area contributed by atoms with Gasteiger partial charge in [0.25, 0.3) is 0 Å². The molecule has 0 unspecified atom stereocenters. The van der Waals surface area contributed by atoms with Crippen molar-refractivity contribution in [2.24, 2.45) is 0 Å². The summed E-state index contributed by atoms with van der Waals surface area (Å²) in [5.41, 5.74) is 4.39. The molecule has 0 bridgehead atoms. The van der Waals surface area contributed by atoms with Gasteiger partial charge in [-0.2, -0.15) is 0 Å². The molecule has 0 amide bonds. The van der Waals surface area contributed by atoms with E-state index >= 15 is 0 Å². The van der Waals surface area contributed by atoms with E-state index in [4.69, 9.17) is 9.47 Å².